The van der Waals surface area contributed by atoms with E-state index in [0.717, 1.165) is 10.4 Å². The molecule has 0 saturated heterocycles. The standard InChI is InChI=1S/C21H22ClNO2S/c1-15(17-7-4-3-5-8-17)23-13-16-11-19(22)21(20(12-16)24-2)25-14-18-9-6-10-26-18/h3-12,15,23H,13-14H2,1-2H3/t15-/m1/s1. The van der Waals surface area contributed by atoms with Crippen LogP contribution >= 0.6 is 22.9 Å². The Morgan fingerprint density at radius 3 is 2.62 bits per heavy atom. The Bertz CT molecular complexity index is 822. The predicted molar refractivity (Wildman–Crippen MR) is 108 cm³/mol. The molecule has 0 aliphatic carbocycles. The Hall–Kier alpha value is -2.01. The molecule has 1 atom stereocenters. The van der Waals surface area contributed by atoms with Gasteiger partial charge in [0.05, 0.1) is 12.1 Å². The Labute approximate surface area is 163 Å². The quantitative estimate of drug-likeness (QED) is 0.526. The van der Waals surface area contributed by atoms with Gasteiger partial charge >= 0.3 is 0 Å². The van der Waals surface area contributed by atoms with Gasteiger partial charge in [0.25, 0.3) is 0 Å². The van der Waals surface area contributed by atoms with Gasteiger partial charge in [0, 0.05) is 17.5 Å². The fraction of sp³-hybridized carbons (Fsp3) is 0.238. The number of nitrogens with one attached hydrogen (secondary N) is 1. The third-order valence-electron chi connectivity index (χ3n) is 4.14. The first-order chi connectivity index (χ1) is 12.7. The van der Waals surface area contributed by atoms with Gasteiger partial charge in [0.2, 0.25) is 0 Å². The number of hydrogen-bond donors (Lipinski definition) is 1. The third kappa shape index (κ3) is 4.79. The lowest BCUT2D eigenvalue weighted by Crippen LogP contribution is -2.18. The summed E-state index contributed by atoms with van der Waals surface area (Å²) in [6, 6.07) is 18.5. The van der Waals surface area contributed by atoms with Crippen LogP contribution in [0, 0.1) is 0 Å². The number of hydrogen-bond acceptors (Lipinski definition) is 4. The van der Waals surface area contributed by atoms with Crippen molar-refractivity contribution >= 4 is 22.9 Å². The number of thiophene rings is 1. The van der Waals surface area contributed by atoms with Crippen LogP contribution in [0.3, 0.4) is 0 Å². The lowest BCUT2D eigenvalue weighted by molar-refractivity contribution is 0.287. The zero-order valence-corrected chi connectivity index (χ0v) is 16.4. The first kappa shape index (κ1) is 18.8. The van der Waals surface area contributed by atoms with Crippen molar-refractivity contribution in [1.29, 1.82) is 0 Å². The summed E-state index contributed by atoms with van der Waals surface area (Å²) in [5.74, 6) is 1.24. The van der Waals surface area contributed by atoms with E-state index in [2.05, 4.69) is 24.4 Å². The first-order valence-corrected chi connectivity index (χ1v) is 9.73. The molecule has 1 N–H and O–H groups in total. The zero-order chi connectivity index (χ0) is 18.4. The minimum Gasteiger partial charge on any atom is -0.493 e. The molecular formula is C21H22ClNO2S. The summed E-state index contributed by atoms with van der Waals surface area (Å²) in [4.78, 5) is 1.14. The number of halogens is 1. The van der Waals surface area contributed by atoms with E-state index in [-0.39, 0.29) is 6.04 Å². The molecule has 3 nitrogen and oxygen atoms in total. The highest BCUT2D eigenvalue weighted by Crippen LogP contribution is 2.37. The molecule has 2 aromatic carbocycles. The van der Waals surface area contributed by atoms with Crippen molar-refractivity contribution in [1.82, 2.24) is 5.32 Å². The van der Waals surface area contributed by atoms with Gasteiger partial charge in [-0.1, -0.05) is 48.0 Å². The summed E-state index contributed by atoms with van der Waals surface area (Å²) in [6.07, 6.45) is 0. The molecule has 0 unspecified atom stereocenters. The predicted octanol–water partition coefficient (Wildman–Crippen LogP) is 5.84. The Kier molecular flexibility index (Phi) is 6.56. The molecule has 26 heavy (non-hydrogen) atoms. The van der Waals surface area contributed by atoms with Crippen molar-refractivity contribution < 1.29 is 9.47 Å². The summed E-state index contributed by atoms with van der Waals surface area (Å²) >= 11 is 8.11. The van der Waals surface area contributed by atoms with Gasteiger partial charge in [-0.2, -0.15) is 0 Å². The molecule has 3 rings (SSSR count). The van der Waals surface area contributed by atoms with Crippen LogP contribution < -0.4 is 14.8 Å². The molecule has 0 amide bonds. The molecule has 1 aromatic heterocycles. The van der Waals surface area contributed by atoms with Gasteiger partial charge in [0.15, 0.2) is 11.5 Å². The maximum Gasteiger partial charge on any atom is 0.180 e. The van der Waals surface area contributed by atoms with Crippen LogP contribution in [0.5, 0.6) is 11.5 Å². The topological polar surface area (TPSA) is 30.5 Å². The lowest BCUT2D eigenvalue weighted by Gasteiger charge is -2.17. The monoisotopic (exact) mass is 387 g/mol. The van der Waals surface area contributed by atoms with Crippen molar-refractivity contribution in [3.63, 3.8) is 0 Å². The van der Waals surface area contributed by atoms with Crippen molar-refractivity contribution in [3.05, 3.63) is 81.0 Å². The van der Waals surface area contributed by atoms with E-state index >= 15 is 0 Å². The molecule has 0 saturated carbocycles. The number of methoxy groups -OCH3 is 1. The second-order valence-corrected chi connectivity index (χ2v) is 7.43. The second kappa shape index (κ2) is 9.08. The normalized spacial score (nSPS) is 12.0. The average molecular weight is 388 g/mol. The summed E-state index contributed by atoms with van der Waals surface area (Å²) in [6.45, 7) is 3.32. The van der Waals surface area contributed by atoms with E-state index in [1.54, 1.807) is 18.4 Å². The molecule has 5 heteroatoms. The Balaban J connectivity index is 1.67. The van der Waals surface area contributed by atoms with Crippen LogP contribution in [-0.2, 0) is 13.2 Å². The van der Waals surface area contributed by atoms with E-state index < -0.39 is 0 Å². The number of rotatable bonds is 8. The first-order valence-electron chi connectivity index (χ1n) is 8.47. The van der Waals surface area contributed by atoms with Crippen LogP contribution in [0.2, 0.25) is 5.02 Å². The van der Waals surface area contributed by atoms with E-state index in [0.29, 0.717) is 29.7 Å². The maximum absolute atomic E-state index is 6.46. The smallest absolute Gasteiger partial charge is 0.180 e. The van der Waals surface area contributed by atoms with Crippen molar-refractivity contribution in [2.45, 2.75) is 26.1 Å². The van der Waals surface area contributed by atoms with E-state index in [1.165, 1.54) is 5.56 Å². The number of ether oxygens (including phenoxy) is 2. The fourth-order valence-corrected chi connectivity index (χ4v) is 3.59. The van der Waals surface area contributed by atoms with Crippen LogP contribution in [0.4, 0.5) is 0 Å². The van der Waals surface area contributed by atoms with Gasteiger partial charge in [-0.15, -0.1) is 11.3 Å². The van der Waals surface area contributed by atoms with Crippen molar-refractivity contribution in [3.8, 4) is 11.5 Å². The largest absolute Gasteiger partial charge is 0.493 e. The maximum atomic E-state index is 6.46. The summed E-state index contributed by atoms with van der Waals surface area (Å²) < 4.78 is 11.4. The van der Waals surface area contributed by atoms with Gasteiger partial charge in [-0.3, -0.25) is 0 Å². The Morgan fingerprint density at radius 2 is 1.92 bits per heavy atom. The molecule has 0 spiro atoms. The molecule has 0 bridgehead atoms. The minimum atomic E-state index is 0.246. The molecular weight excluding hydrogens is 366 g/mol. The molecule has 0 fully saturated rings. The summed E-state index contributed by atoms with van der Waals surface area (Å²) in [5.41, 5.74) is 2.31. The van der Waals surface area contributed by atoms with E-state index in [9.17, 15) is 0 Å². The van der Waals surface area contributed by atoms with Gasteiger partial charge < -0.3 is 14.8 Å². The fourth-order valence-electron chi connectivity index (χ4n) is 2.68. The molecule has 1 heterocycles. The zero-order valence-electron chi connectivity index (χ0n) is 14.9. The van der Waals surface area contributed by atoms with Crippen LogP contribution in [0.1, 0.15) is 29.0 Å². The van der Waals surface area contributed by atoms with Gasteiger partial charge in [-0.05, 0) is 41.6 Å². The summed E-state index contributed by atoms with van der Waals surface area (Å²) in [5, 5.41) is 6.10. The van der Waals surface area contributed by atoms with Crippen LogP contribution in [-0.4, -0.2) is 7.11 Å². The third-order valence-corrected chi connectivity index (χ3v) is 5.27. The average Bonchev–Trinajstić information content (AvgIpc) is 3.19. The molecule has 3 aromatic rings. The number of benzene rings is 2. The molecule has 0 aliphatic rings. The summed E-state index contributed by atoms with van der Waals surface area (Å²) in [7, 11) is 1.63. The van der Waals surface area contributed by atoms with E-state index in [4.69, 9.17) is 21.1 Å². The van der Waals surface area contributed by atoms with Crippen LogP contribution in [0.15, 0.2) is 60.0 Å². The van der Waals surface area contributed by atoms with Gasteiger partial charge in [0.1, 0.15) is 6.61 Å². The van der Waals surface area contributed by atoms with Crippen molar-refractivity contribution in [2.24, 2.45) is 0 Å². The highest BCUT2D eigenvalue weighted by Gasteiger charge is 2.13. The molecule has 0 radical (unpaired) electrons. The molecule has 0 aliphatic heterocycles. The second-order valence-electron chi connectivity index (χ2n) is 5.99. The SMILES string of the molecule is COc1cc(CN[C@H](C)c2ccccc2)cc(Cl)c1OCc1cccs1. The highest BCUT2D eigenvalue weighted by molar-refractivity contribution is 7.09. The van der Waals surface area contributed by atoms with Crippen LogP contribution in [0.25, 0.3) is 0 Å². The van der Waals surface area contributed by atoms with E-state index in [1.807, 2.05) is 47.8 Å². The lowest BCUT2D eigenvalue weighted by atomic mass is 10.1. The highest BCUT2D eigenvalue weighted by atomic mass is 35.5. The van der Waals surface area contributed by atoms with Gasteiger partial charge in [-0.25, -0.2) is 0 Å². The Morgan fingerprint density at radius 1 is 1.12 bits per heavy atom. The minimum absolute atomic E-state index is 0.246. The van der Waals surface area contributed by atoms with Crippen molar-refractivity contribution in [2.75, 3.05) is 7.11 Å². The molecule has 136 valence electrons.